The molecule has 3 heterocycles. The van der Waals surface area contributed by atoms with E-state index in [1.165, 1.54) is 0 Å². The smallest absolute Gasteiger partial charge is 0.194 e. The van der Waals surface area contributed by atoms with Gasteiger partial charge in [0.25, 0.3) is 0 Å². The first-order chi connectivity index (χ1) is 10.7. The average molecular weight is 334 g/mol. The molecule has 0 aliphatic heterocycles. The molecule has 0 radical (unpaired) electrons. The fourth-order valence-corrected chi connectivity index (χ4v) is 3.54. The van der Waals surface area contributed by atoms with Crippen LogP contribution in [0.4, 0.5) is 0 Å². The van der Waals surface area contributed by atoms with E-state index in [0.717, 1.165) is 33.9 Å². The Morgan fingerprint density at radius 3 is 2.91 bits per heavy atom. The van der Waals surface area contributed by atoms with Gasteiger partial charge in [-0.3, -0.25) is 9.39 Å². The summed E-state index contributed by atoms with van der Waals surface area (Å²) in [5.74, 6) is 0.835. The number of aliphatic imine (C=N–C) groups is 1. The highest BCUT2D eigenvalue weighted by molar-refractivity contribution is 7.15. The Morgan fingerprint density at radius 1 is 1.36 bits per heavy atom. The van der Waals surface area contributed by atoms with Crippen LogP contribution in [0.2, 0.25) is 0 Å². The van der Waals surface area contributed by atoms with Crippen LogP contribution in [0.15, 0.2) is 28.1 Å². The number of hydrogen-bond acceptors (Lipinski definition) is 5. The summed E-state index contributed by atoms with van der Waals surface area (Å²) in [6.45, 7) is 3.41. The first-order valence-corrected chi connectivity index (χ1v) is 8.65. The van der Waals surface area contributed by atoms with E-state index >= 15 is 0 Å². The van der Waals surface area contributed by atoms with Crippen LogP contribution in [0.1, 0.15) is 16.4 Å². The Morgan fingerprint density at radius 2 is 2.23 bits per heavy atom. The maximum Gasteiger partial charge on any atom is 0.194 e. The summed E-state index contributed by atoms with van der Waals surface area (Å²) in [4.78, 5) is 16.4. The summed E-state index contributed by atoms with van der Waals surface area (Å²) < 4.78 is 2.03. The van der Waals surface area contributed by atoms with Gasteiger partial charge >= 0.3 is 0 Å². The molecule has 0 saturated heterocycles. The lowest BCUT2D eigenvalue weighted by atomic mass is 10.4. The predicted octanol–water partition coefficient (Wildman–Crippen LogP) is 2.37. The highest BCUT2D eigenvalue weighted by Crippen LogP contribution is 2.12. The van der Waals surface area contributed by atoms with Gasteiger partial charge in [0.15, 0.2) is 10.9 Å². The van der Waals surface area contributed by atoms with Crippen molar-refractivity contribution in [3.63, 3.8) is 0 Å². The summed E-state index contributed by atoms with van der Waals surface area (Å²) in [6.07, 6.45) is 4.05. The standard InChI is InChI=1S/C14H18N6S2/c1-10-17-12(9-22-10)7-19(3)13(15-2)16-6-11-8-20-4-5-21-14(20)18-11/h4-5,8-9H,6-7H2,1-3H3,(H,15,16). The van der Waals surface area contributed by atoms with Crippen molar-refractivity contribution in [3.05, 3.63) is 39.5 Å². The van der Waals surface area contributed by atoms with Crippen LogP contribution in [0.25, 0.3) is 4.96 Å². The molecule has 22 heavy (non-hydrogen) atoms. The highest BCUT2D eigenvalue weighted by Gasteiger charge is 2.09. The van der Waals surface area contributed by atoms with E-state index in [9.17, 15) is 0 Å². The maximum absolute atomic E-state index is 4.56. The second-order valence-corrected chi connectivity index (χ2v) is 6.88. The maximum atomic E-state index is 4.56. The summed E-state index contributed by atoms with van der Waals surface area (Å²) in [6, 6.07) is 0. The van der Waals surface area contributed by atoms with Crippen LogP contribution in [0.3, 0.4) is 0 Å². The Hall–Kier alpha value is -1.93. The van der Waals surface area contributed by atoms with Crippen LogP contribution in [0, 0.1) is 6.92 Å². The fraction of sp³-hybridized carbons (Fsp3) is 0.357. The van der Waals surface area contributed by atoms with Crippen LogP contribution in [0.5, 0.6) is 0 Å². The molecule has 0 aromatic carbocycles. The number of rotatable bonds is 4. The molecule has 0 atom stereocenters. The van der Waals surface area contributed by atoms with Gasteiger partial charge in [0.05, 0.1) is 29.5 Å². The minimum Gasteiger partial charge on any atom is -0.351 e. The molecule has 0 aliphatic rings. The van der Waals surface area contributed by atoms with Crippen molar-refractivity contribution in [2.75, 3.05) is 14.1 Å². The number of thiazole rings is 2. The SMILES string of the molecule is CN=C(NCc1cn2ccsc2n1)N(C)Cc1csc(C)n1. The van der Waals surface area contributed by atoms with Gasteiger partial charge in [0.1, 0.15) is 0 Å². The number of guanidine groups is 1. The van der Waals surface area contributed by atoms with Gasteiger partial charge in [-0.15, -0.1) is 22.7 Å². The molecule has 0 amide bonds. The lowest BCUT2D eigenvalue weighted by Crippen LogP contribution is -2.38. The van der Waals surface area contributed by atoms with Crippen molar-refractivity contribution in [1.29, 1.82) is 0 Å². The van der Waals surface area contributed by atoms with Crippen LogP contribution in [-0.2, 0) is 13.1 Å². The predicted molar refractivity (Wildman–Crippen MR) is 91.6 cm³/mol. The second kappa shape index (κ2) is 6.45. The van der Waals surface area contributed by atoms with Gasteiger partial charge in [-0.25, -0.2) is 9.97 Å². The van der Waals surface area contributed by atoms with Gasteiger partial charge in [-0.1, -0.05) is 0 Å². The molecule has 0 aliphatic carbocycles. The van der Waals surface area contributed by atoms with Crippen LogP contribution < -0.4 is 5.32 Å². The monoisotopic (exact) mass is 334 g/mol. The molecule has 116 valence electrons. The number of nitrogens with one attached hydrogen (secondary N) is 1. The lowest BCUT2D eigenvalue weighted by molar-refractivity contribution is 0.470. The minimum absolute atomic E-state index is 0.654. The second-order valence-electron chi connectivity index (χ2n) is 4.94. The van der Waals surface area contributed by atoms with Gasteiger partial charge in [-0.05, 0) is 6.92 Å². The Kier molecular flexibility index (Phi) is 4.39. The Labute approximate surface area is 137 Å². The van der Waals surface area contributed by atoms with Gasteiger partial charge in [-0.2, -0.15) is 0 Å². The third-order valence-electron chi connectivity index (χ3n) is 3.21. The van der Waals surface area contributed by atoms with Crippen molar-refractivity contribution >= 4 is 33.6 Å². The molecule has 0 saturated carbocycles. The molecular formula is C14H18N6S2. The molecule has 0 unspecified atom stereocenters. The largest absolute Gasteiger partial charge is 0.351 e. The quantitative estimate of drug-likeness (QED) is 0.588. The molecule has 6 nitrogen and oxygen atoms in total. The van der Waals surface area contributed by atoms with E-state index in [1.807, 2.05) is 36.1 Å². The van der Waals surface area contributed by atoms with Crippen molar-refractivity contribution in [1.82, 2.24) is 24.6 Å². The zero-order chi connectivity index (χ0) is 15.5. The topological polar surface area (TPSA) is 57.8 Å². The van der Waals surface area contributed by atoms with E-state index < -0.39 is 0 Å². The van der Waals surface area contributed by atoms with E-state index in [-0.39, 0.29) is 0 Å². The molecule has 0 bridgehead atoms. The third-order valence-corrected chi connectivity index (χ3v) is 4.80. The first kappa shape index (κ1) is 15.0. The summed E-state index contributed by atoms with van der Waals surface area (Å²) in [7, 11) is 3.80. The van der Waals surface area contributed by atoms with E-state index in [0.29, 0.717) is 6.54 Å². The zero-order valence-corrected chi connectivity index (χ0v) is 14.4. The van der Waals surface area contributed by atoms with E-state index in [4.69, 9.17) is 0 Å². The first-order valence-electron chi connectivity index (χ1n) is 6.89. The average Bonchev–Trinajstić information content (AvgIpc) is 3.15. The molecule has 3 aromatic rings. The minimum atomic E-state index is 0.654. The van der Waals surface area contributed by atoms with Crippen molar-refractivity contribution < 1.29 is 0 Å². The molecule has 8 heteroatoms. The molecule has 0 fully saturated rings. The third kappa shape index (κ3) is 3.28. The summed E-state index contributed by atoms with van der Waals surface area (Å²) >= 11 is 3.30. The number of imidazole rings is 1. The van der Waals surface area contributed by atoms with E-state index in [1.54, 1.807) is 29.7 Å². The van der Waals surface area contributed by atoms with Gasteiger partial charge < -0.3 is 10.2 Å². The van der Waals surface area contributed by atoms with Crippen molar-refractivity contribution in [2.45, 2.75) is 20.0 Å². The molecular weight excluding hydrogens is 316 g/mol. The van der Waals surface area contributed by atoms with E-state index in [2.05, 4.69) is 30.6 Å². The molecule has 1 N–H and O–H groups in total. The lowest BCUT2D eigenvalue weighted by Gasteiger charge is -2.20. The number of hydrogen-bond donors (Lipinski definition) is 1. The van der Waals surface area contributed by atoms with Crippen LogP contribution in [-0.4, -0.2) is 39.3 Å². The summed E-state index contributed by atoms with van der Waals surface area (Å²) in [5.41, 5.74) is 2.07. The van der Waals surface area contributed by atoms with Gasteiger partial charge in [0.2, 0.25) is 0 Å². The van der Waals surface area contributed by atoms with Crippen molar-refractivity contribution in [2.24, 2.45) is 4.99 Å². The van der Waals surface area contributed by atoms with Crippen LogP contribution >= 0.6 is 22.7 Å². The molecule has 3 rings (SSSR count). The number of aryl methyl sites for hydroxylation is 1. The highest BCUT2D eigenvalue weighted by atomic mass is 32.1. The zero-order valence-electron chi connectivity index (χ0n) is 12.8. The number of aromatic nitrogens is 3. The molecule has 3 aromatic heterocycles. The number of nitrogens with zero attached hydrogens (tertiary/aromatic N) is 5. The Bertz CT molecular complexity index is 756. The summed E-state index contributed by atoms with van der Waals surface area (Å²) in [5, 5.41) is 8.55. The Balaban J connectivity index is 1.60. The molecule has 0 spiro atoms. The normalized spacial score (nSPS) is 12.0. The fourth-order valence-electron chi connectivity index (χ4n) is 2.21. The van der Waals surface area contributed by atoms with Gasteiger partial charge in [0, 0.05) is 37.2 Å². The van der Waals surface area contributed by atoms with Crippen molar-refractivity contribution in [3.8, 4) is 0 Å². The number of fused-ring (bicyclic) bond motifs is 1.